The minimum absolute atomic E-state index is 0.460. The molecule has 76 valence electrons. The van der Waals surface area contributed by atoms with Crippen LogP contribution in [0.25, 0.3) is 6.08 Å². The average molecular weight is 202 g/mol. The lowest BCUT2D eigenvalue weighted by atomic mass is 10.1. The Morgan fingerprint density at radius 3 is 2.57 bits per heavy atom. The first kappa shape index (κ1) is 10.6. The average Bonchev–Trinajstić information content (AvgIpc) is 2.14. The monoisotopic (exact) mass is 202 g/mol. The molecule has 0 bridgehead atoms. The van der Waals surface area contributed by atoms with E-state index in [9.17, 15) is 13.2 Å². The van der Waals surface area contributed by atoms with Crippen LogP contribution in [0.3, 0.4) is 0 Å². The van der Waals surface area contributed by atoms with Crippen molar-refractivity contribution in [1.29, 1.82) is 0 Å². The fourth-order valence-electron chi connectivity index (χ4n) is 0.965. The van der Waals surface area contributed by atoms with Crippen LogP contribution in [0.1, 0.15) is 11.1 Å². The summed E-state index contributed by atoms with van der Waals surface area (Å²) in [6.45, 7) is 0. The van der Waals surface area contributed by atoms with Gasteiger partial charge >= 0.3 is 6.18 Å². The third-order valence-electron chi connectivity index (χ3n) is 1.61. The Bertz CT molecular complexity index is 328. The van der Waals surface area contributed by atoms with Gasteiger partial charge in [-0.2, -0.15) is 13.2 Å². The number of halogens is 3. The molecule has 0 fully saturated rings. The van der Waals surface area contributed by atoms with Gasteiger partial charge in [0.25, 0.3) is 0 Å². The fraction of sp³-hybridized carbons (Fsp3) is 0.200. The van der Waals surface area contributed by atoms with E-state index >= 15 is 0 Å². The first-order valence-corrected chi connectivity index (χ1v) is 3.90. The lowest BCUT2D eigenvalue weighted by Crippen LogP contribution is -2.04. The van der Waals surface area contributed by atoms with Crippen LogP contribution < -0.4 is 0 Å². The largest absolute Gasteiger partial charge is 0.504 e. The van der Waals surface area contributed by atoms with Crippen LogP contribution in [0.5, 0.6) is 0 Å². The number of rotatable bonds is 2. The van der Waals surface area contributed by atoms with Gasteiger partial charge in [0.05, 0.1) is 18.9 Å². The summed E-state index contributed by atoms with van der Waals surface area (Å²) in [6, 6.07) is 5.03. The Morgan fingerprint density at radius 2 is 2.00 bits per heavy atom. The number of methoxy groups -OCH3 is 1. The van der Waals surface area contributed by atoms with Crippen LogP contribution in [0.2, 0.25) is 0 Å². The van der Waals surface area contributed by atoms with E-state index in [-0.39, 0.29) is 0 Å². The molecule has 0 amide bonds. The molecule has 0 spiro atoms. The van der Waals surface area contributed by atoms with Crippen molar-refractivity contribution in [3.63, 3.8) is 0 Å². The molecule has 4 heteroatoms. The van der Waals surface area contributed by atoms with E-state index in [0.29, 0.717) is 5.56 Å². The molecule has 14 heavy (non-hydrogen) atoms. The Kier molecular flexibility index (Phi) is 3.17. The molecule has 0 aliphatic heterocycles. The lowest BCUT2D eigenvalue weighted by molar-refractivity contribution is -0.137. The number of benzene rings is 1. The molecule has 1 nitrogen and oxygen atoms in total. The number of hydrogen-bond acceptors (Lipinski definition) is 1. The molecule has 0 atom stereocenters. The van der Waals surface area contributed by atoms with Crippen molar-refractivity contribution in [2.24, 2.45) is 0 Å². The van der Waals surface area contributed by atoms with Crippen LogP contribution in [0, 0.1) is 0 Å². The molecule has 0 saturated carbocycles. The van der Waals surface area contributed by atoms with E-state index in [1.165, 1.54) is 25.5 Å². The molecule has 0 N–H and O–H groups in total. The summed E-state index contributed by atoms with van der Waals surface area (Å²) in [7, 11) is 1.43. The Balaban J connectivity index is 2.96. The van der Waals surface area contributed by atoms with E-state index in [4.69, 9.17) is 0 Å². The highest BCUT2D eigenvalue weighted by Gasteiger charge is 2.30. The molecule has 0 aliphatic rings. The van der Waals surface area contributed by atoms with Crippen LogP contribution in [0.15, 0.2) is 30.5 Å². The maximum Gasteiger partial charge on any atom is 0.416 e. The SMILES string of the molecule is COC=Cc1cccc(C(F)(F)F)c1. The summed E-state index contributed by atoms with van der Waals surface area (Å²) in [5.41, 5.74) is -0.197. The van der Waals surface area contributed by atoms with Crippen molar-refractivity contribution < 1.29 is 17.9 Å². The lowest BCUT2D eigenvalue weighted by Gasteiger charge is -2.06. The van der Waals surface area contributed by atoms with Gasteiger partial charge in [0.1, 0.15) is 0 Å². The van der Waals surface area contributed by atoms with Gasteiger partial charge in [0.2, 0.25) is 0 Å². The Morgan fingerprint density at radius 1 is 1.29 bits per heavy atom. The highest BCUT2D eigenvalue weighted by Crippen LogP contribution is 2.29. The first-order chi connectivity index (χ1) is 6.54. The van der Waals surface area contributed by atoms with Gasteiger partial charge in [0.15, 0.2) is 0 Å². The molecule has 1 aromatic carbocycles. The fourth-order valence-corrected chi connectivity index (χ4v) is 0.965. The third-order valence-corrected chi connectivity index (χ3v) is 1.61. The molecule has 0 aliphatic carbocycles. The van der Waals surface area contributed by atoms with Crippen molar-refractivity contribution in [2.75, 3.05) is 7.11 Å². The van der Waals surface area contributed by atoms with Gasteiger partial charge < -0.3 is 4.74 Å². The maximum absolute atomic E-state index is 12.2. The van der Waals surface area contributed by atoms with Crippen molar-refractivity contribution in [3.8, 4) is 0 Å². The van der Waals surface area contributed by atoms with Crippen molar-refractivity contribution in [2.45, 2.75) is 6.18 Å². The van der Waals surface area contributed by atoms with Crippen LogP contribution in [-0.2, 0) is 10.9 Å². The van der Waals surface area contributed by atoms with E-state index in [1.807, 2.05) is 0 Å². The van der Waals surface area contributed by atoms with Crippen LogP contribution in [-0.4, -0.2) is 7.11 Å². The minimum atomic E-state index is -4.29. The zero-order chi connectivity index (χ0) is 10.6. The third kappa shape index (κ3) is 2.80. The van der Waals surface area contributed by atoms with E-state index in [2.05, 4.69) is 4.74 Å². The van der Waals surface area contributed by atoms with Gasteiger partial charge in [-0.05, 0) is 23.8 Å². The zero-order valence-electron chi connectivity index (χ0n) is 7.51. The second-order valence-electron chi connectivity index (χ2n) is 2.66. The highest BCUT2D eigenvalue weighted by molar-refractivity contribution is 5.49. The summed E-state index contributed by atoms with van der Waals surface area (Å²) in [4.78, 5) is 0. The van der Waals surface area contributed by atoms with Crippen LogP contribution >= 0.6 is 0 Å². The Hall–Kier alpha value is -1.45. The Labute approximate surface area is 79.8 Å². The summed E-state index contributed by atoms with van der Waals surface area (Å²) < 4.78 is 41.3. The molecule has 1 aromatic rings. The predicted octanol–water partition coefficient (Wildman–Crippen LogP) is 3.32. The van der Waals surface area contributed by atoms with Crippen molar-refractivity contribution in [1.82, 2.24) is 0 Å². The van der Waals surface area contributed by atoms with Gasteiger partial charge in [-0.3, -0.25) is 0 Å². The van der Waals surface area contributed by atoms with Crippen LogP contribution in [0.4, 0.5) is 13.2 Å². The molecule has 0 saturated heterocycles. The van der Waals surface area contributed by atoms with E-state index < -0.39 is 11.7 Å². The van der Waals surface area contributed by atoms with Gasteiger partial charge in [-0.15, -0.1) is 0 Å². The molecule has 1 rings (SSSR count). The van der Waals surface area contributed by atoms with E-state index in [0.717, 1.165) is 12.1 Å². The molecule has 0 unspecified atom stereocenters. The molecular formula is C10H9F3O. The summed E-state index contributed by atoms with van der Waals surface area (Å²) >= 11 is 0. The van der Waals surface area contributed by atoms with Crippen molar-refractivity contribution in [3.05, 3.63) is 41.7 Å². The predicted molar refractivity (Wildman–Crippen MR) is 47.5 cm³/mol. The molecular weight excluding hydrogens is 193 g/mol. The quantitative estimate of drug-likeness (QED) is 0.668. The summed E-state index contributed by atoms with van der Waals surface area (Å²) in [6.07, 6.45) is -1.50. The number of hydrogen-bond donors (Lipinski definition) is 0. The van der Waals surface area contributed by atoms with Gasteiger partial charge in [-0.1, -0.05) is 12.1 Å². The number of alkyl halides is 3. The minimum Gasteiger partial charge on any atom is -0.504 e. The molecule has 0 aromatic heterocycles. The maximum atomic E-state index is 12.2. The second-order valence-corrected chi connectivity index (χ2v) is 2.66. The molecule has 0 radical (unpaired) electrons. The molecule has 0 heterocycles. The summed E-state index contributed by atoms with van der Waals surface area (Å²) in [5.74, 6) is 0. The normalized spacial score (nSPS) is 12.0. The van der Waals surface area contributed by atoms with Crippen molar-refractivity contribution >= 4 is 6.08 Å². The topological polar surface area (TPSA) is 9.23 Å². The smallest absolute Gasteiger partial charge is 0.416 e. The summed E-state index contributed by atoms with van der Waals surface area (Å²) in [5, 5.41) is 0. The van der Waals surface area contributed by atoms with Gasteiger partial charge in [-0.25, -0.2) is 0 Å². The number of ether oxygens (including phenoxy) is 1. The standard InChI is InChI=1S/C10H9F3O/c1-14-6-5-8-3-2-4-9(7-8)10(11,12)13/h2-7H,1H3. The van der Waals surface area contributed by atoms with Gasteiger partial charge in [0, 0.05) is 0 Å². The second kappa shape index (κ2) is 4.17. The zero-order valence-corrected chi connectivity index (χ0v) is 7.51. The van der Waals surface area contributed by atoms with E-state index in [1.54, 1.807) is 6.07 Å². The highest BCUT2D eigenvalue weighted by atomic mass is 19.4. The first-order valence-electron chi connectivity index (χ1n) is 3.90.